The van der Waals surface area contributed by atoms with Crippen LogP contribution in [0.25, 0.3) is 0 Å². The Morgan fingerprint density at radius 3 is 2.89 bits per heavy atom. The average Bonchev–Trinajstić information content (AvgIpc) is 2.55. The first-order valence-corrected chi connectivity index (χ1v) is 6.95. The highest BCUT2D eigenvalue weighted by Crippen LogP contribution is 2.11. The minimum atomic E-state index is 0.608. The number of nitrogens with one attached hydrogen (secondary N) is 1. The molecule has 1 aliphatic heterocycles. The van der Waals surface area contributed by atoms with E-state index in [0.29, 0.717) is 6.04 Å². The van der Waals surface area contributed by atoms with Crippen LogP contribution in [0.1, 0.15) is 32.5 Å². The van der Waals surface area contributed by atoms with Crippen LogP contribution >= 0.6 is 0 Å². The zero-order valence-electron chi connectivity index (χ0n) is 11.5. The van der Waals surface area contributed by atoms with Crippen molar-refractivity contribution in [3.05, 3.63) is 24.3 Å². The maximum Gasteiger partial charge on any atom is 0.142 e. The van der Waals surface area contributed by atoms with E-state index in [9.17, 15) is 0 Å². The van der Waals surface area contributed by atoms with E-state index in [-0.39, 0.29) is 0 Å². The smallest absolute Gasteiger partial charge is 0.142 e. The molecule has 4 nitrogen and oxygen atoms in total. The van der Waals surface area contributed by atoms with Gasteiger partial charge in [0, 0.05) is 25.0 Å². The van der Waals surface area contributed by atoms with Crippen LogP contribution in [0.4, 0.5) is 0 Å². The minimum absolute atomic E-state index is 0.608. The van der Waals surface area contributed by atoms with Gasteiger partial charge < -0.3 is 5.32 Å². The summed E-state index contributed by atoms with van der Waals surface area (Å²) >= 11 is 0. The van der Waals surface area contributed by atoms with Crippen molar-refractivity contribution in [3.8, 4) is 0 Å². The second-order valence-electron chi connectivity index (χ2n) is 5.53. The van der Waals surface area contributed by atoms with Crippen LogP contribution in [0, 0.1) is 5.92 Å². The summed E-state index contributed by atoms with van der Waals surface area (Å²) in [6, 6.07) is 2.48. The third kappa shape index (κ3) is 4.35. The maximum absolute atomic E-state index is 4.32. The van der Waals surface area contributed by atoms with Crippen LogP contribution in [0.15, 0.2) is 18.5 Å². The zero-order chi connectivity index (χ0) is 12.8. The normalized spacial score (nSPS) is 22.1. The van der Waals surface area contributed by atoms with Crippen molar-refractivity contribution >= 4 is 0 Å². The van der Waals surface area contributed by atoms with Gasteiger partial charge in [-0.2, -0.15) is 0 Å². The second kappa shape index (κ2) is 6.81. The highest BCUT2D eigenvalue weighted by Gasteiger charge is 2.19. The van der Waals surface area contributed by atoms with Gasteiger partial charge in [-0.05, 0) is 37.9 Å². The molecule has 1 saturated heterocycles. The standard InChI is InChI=1S/C14H24N4/c1-12(2)9-13-10-18(8-4-7-15-13)11-14-16-5-3-6-17-14/h3,5-6,12-13,15H,4,7-11H2,1-2H3. The SMILES string of the molecule is CC(C)CC1CN(Cc2ncccn2)CCCN1. The third-order valence-corrected chi connectivity index (χ3v) is 3.30. The lowest BCUT2D eigenvalue weighted by molar-refractivity contribution is 0.242. The number of nitrogens with zero attached hydrogens (tertiary/aromatic N) is 3. The predicted molar refractivity (Wildman–Crippen MR) is 73.2 cm³/mol. The van der Waals surface area contributed by atoms with Gasteiger partial charge in [0.1, 0.15) is 5.82 Å². The molecule has 0 aromatic carbocycles. The Bertz CT molecular complexity index is 339. The molecule has 1 N–H and O–H groups in total. The molecule has 1 fully saturated rings. The molecule has 1 atom stereocenters. The number of rotatable bonds is 4. The molecule has 0 saturated carbocycles. The van der Waals surface area contributed by atoms with Crippen molar-refractivity contribution in [2.24, 2.45) is 5.92 Å². The molecule has 18 heavy (non-hydrogen) atoms. The maximum atomic E-state index is 4.32. The monoisotopic (exact) mass is 248 g/mol. The lowest BCUT2D eigenvalue weighted by Crippen LogP contribution is -2.38. The summed E-state index contributed by atoms with van der Waals surface area (Å²) in [5.41, 5.74) is 0. The molecule has 0 bridgehead atoms. The number of hydrogen-bond donors (Lipinski definition) is 1. The summed E-state index contributed by atoms with van der Waals surface area (Å²) in [6.07, 6.45) is 6.10. The topological polar surface area (TPSA) is 41.1 Å². The average molecular weight is 248 g/mol. The highest BCUT2D eigenvalue weighted by molar-refractivity contribution is 4.89. The molecule has 0 spiro atoms. The zero-order valence-corrected chi connectivity index (χ0v) is 11.5. The summed E-state index contributed by atoms with van der Waals surface area (Å²) < 4.78 is 0. The molecule has 1 aliphatic rings. The van der Waals surface area contributed by atoms with E-state index in [0.717, 1.165) is 37.9 Å². The van der Waals surface area contributed by atoms with Crippen LogP contribution in [0.5, 0.6) is 0 Å². The second-order valence-corrected chi connectivity index (χ2v) is 5.53. The van der Waals surface area contributed by atoms with Crippen molar-refractivity contribution in [2.45, 2.75) is 39.3 Å². The first-order chi connectivity index (χ1) is 8.74. The van der Waals surface area contributed by atoms with Gasteiger partial charge in [0.05, 0.1) is 6.54 Å². The summed E-state index contributed by atoms with van der Waals surface area (Å²) in [7, 11) is 0. The fourth-order valence-electron chi connectivity index (χ4n) is 2.56. The Labute approximate surface area is 110 Å². The van der Waals surface area contributed by atoms with E-state index < -0.39 is 0 Å². The van der Waals surface area contributed by atoms with Crippen molar-refractivity contribution in [2.75, 3.05) is 19.6 Å². The van der Waals surface area contributed by atoms with E-state index in [1.54, 1.807) is 0 Å². The Morgan fingerprint density at radius 2 is 2.17 bits per heavy atom. The minimum Gasteiger partial charge on any atom is -0.313 e. The fraction of sp³-hybridized carbons (Fsp3) is 0.714. The van der Waals surface area contributed by atoms with Gasteiger partial charge in [-0.3, -0.25) is 4.90 Å². The lowest BCUT2D eigenvalue weighted by atomic mass is 10.0. The summed E-state index contributed by atoms with van der Waals surface area (Å²) in [6.45, 7) is 8.82. The molecule has 0 aliphatic carbocycles. The molecule has 1 aromatic heterocycles. The number of aromatic nitrogens is 2. The Balaban J connectivity index is 1.91. The molecule has 0 amide bonds. The van der Waals surface area contributed by atoms with E-state index in [1.165, 1.54) is 12.8 Å². The largest absolute Gasteiger partial charge is 0.313 e. The van der Waals surface area contributed by atoms with Crippen molar-refractivity contribution < 1.29 is 0 Å². The van der Waals surface area contributed by atoms with Crippen LogP contribution in [0.3, 0.4) is 0 Å². The molecular weight excluding hydrogens is 224 g/mol. The van der Waals surface area contributed by atoms with Gasteiger partial charge in [0.2, 0.25) is 0 Å². The van der Waals surface area contributed by atoms with Gasteiger partial charge in [0.25, 0.3) is 0 Å². The van der Waals surface area contributed by atoms with Gasteiger partial charge in [-0.25, -0.2) is 9.97 Å². The molecule has 4 heteroatoms. The lowest BCUT2D eigenvalue weighted by Gasteiger charge is -2.24. The molecule has 2 rings (SSSR count). The van der Waals surface area contributed by atoms with Gasteiger partial charge >= 0.3 is 0 Å². The summed E-state index contributed by atoms with van der Waals surface area (Å²) in [5, 5.41) is 3.65. The molecular formula is C14H24N4. The molecule has 100 valence electrons. The highest BCUT2D eigenvalue weighted by atomic mass is 15.2. The van der Waals surface area contributed by atoms with Crippen molar-refractivity contribution in [1.82, 2.24) is 20.2 Å². The van der Waals surface area contributed by atoms with Gasteiger partial charge in [-0.15, -0.1) is 0 Å². The quantitative estimate of drug-likeness (QED) is 0.880. The summed E-state index contributed by atoms with van der Waals surface area (Å²) in [4.78, 5) is 11.1. The molecule has 2 heterocycles. The van der Waals surface area contributed by atoms with Gasteiger partial charge in [0.15, 0.2) is 0 Å². The van der Waals surface area contributed by atoms with Crippen molar-refractivity contribution in [1.29, 1.82) is 0 Å². The Kier molecular flexibility index (Phi) is 5.08. The van der Waals surface area contributed by atoms with E-state index in [2.05, 4.69) is 34.0 Å². The fourth-order valence-corrected chi connectivity index (χ4v) is 2.56. The Hall–Kier alpha value is -1.00. The Morgan fingerprint density at radius 1 is 1.39 bits per heavy atom. The van der Waals surface area contributed by atoms with Crippen LogP contribution in [-0.4, -0.2) is 40.5 Å². The van der Waals surface area contributed by atoms with E-state index >= 15 is 0 Å². The summed E-state index contributed by atoms with van der Waals surface area (Å²) in [5.74, 6) is 1.68. The van der Waals surface area contributed by atoms with Crippen LogP contribution < -0.4 is 5.32 Å². The first kappa shape index (κ1) is 13.4. The molecule has 1 aromatic rings. The first-order valence-electron chi connectivity index (χ1n) is 6.95. The third-order valence-electron chi connectivity index (χ3n) is 3.30. The van der Waals surface area contributed by atoms with Crippen LogP contribution in [0.2, 0.25) is 0 Å². The number of hydrogen-bond acceptors (Lipinski definition) is 4. The van der Waals surface area contributed by atoms with E-state index in [4.69, 9.17) is 0 Å². The predicted octanol–water partition coefficient (Wildman–Crippen LogP) is 1.69. The van der Waals surface area contributed by atoms with Gasteiger partial charge in [-0.1, -0.05) is 13.8 Å². The van der Waals surface area contributed by atoms with E-state index in [1.807, 2.05) is 18.5 Å². The molecule has 1 unspecified atom stereocenters. The van der Waals surface area contributed by atoms with Crippen molar-refractivity contribution in [3.63, 3.8) is 0 Å². The molecule has 0 radical (unpaired) electrons. The van der Waals surface area contributed by atoms with Crippen LogP contribution in [-0.2, 0) is 6.54 Å².